The van der Waals surface area contributed by atoms with Crippen LogP contribution in [0.4, 0.5) is 9.59 Å². The number of rotatable bonds is 3. The Balaban J connectivity index is 1.85. The average molecular weight is 288 g/mol. The topological polar surface area (TPSA) is 98.2 Å². The maximum Gasteiger partial charge on any atom is 0.356 e. The Kier molecular flexibility index (Phi) is 4.50. The van der Waals surface area contributed by atoms with Gasteiger partial charge in [-0.2, -0.15) is 10.2 Å². The molecule has 0 spiro atoms. The van der Waals surface area contributed by atoms with Gasteiger partial charge in [-0.15, -0.1) is 0 Å². The van der Waals surface area contributed by atoms with Crippen molar-refractivity contribution in [3.8, 4) is 0 Å². The number of hydrazone groups is 2. The molecule has 8 nitrogen and oxygen atoms in total. The Morgan fingerprint density at radius 2 is 2.29 bits per heavy atom. The van der Waals surface area contributed by atoms with Gasteiger partial charge in [-0.3, -0.25) is 0 Å². The third kappa shape index (κ3) is 4.30. The molecule has 2 rings (SSSR count). The van der Waals surface area contributed by atoms with Crippen LogP contribution in [-0.2, 0) is 0 Å². The van der Waals surface area contributed by atoms with E-state index in [1.807, 2.05) is 31.2 Å². The number of nitrogens with one attached hydrogen (secondary N) is 3. The summed E-state index contributed by atoms with van der Waals surface area (Å²) in [4.78, 5) is 23.1. The van der Waals surface area contributed by atoms with Crippen LogP contribution < -0.4 is 16.3 Å². The van der Waals surface area contributed by atoms with Crippen molar-refractivity contribution in [3.05, 3.63) is 35.4 Å². The molecule has 1 heterocycles. The van der Waals surface area contributed by atoms with Crippen molar-refractivity contribution in [3.63, 3.8) is 0 Å². The van der Waals surface area contributed by atoms with Gasteiger partial charge in [-0.05, 0) is 19.4 Å². The third-order valence-electron chi connectivity index (χ3n) is 2.63. The zero-order valence-electron chi connectivity index (χ0n) is 11.8. The van der Waals surface area contributed by atoms with Gasteiger partial charge in [0.1, 0.15) is 0 Å². The number of carbonyl (C=O) groups is 2. The predicted octanol–water partition coefficient (Wildman–Crippen LogP) is 0.944. The second-order valence-corrected chi connectivity index (χ2v) is 4.58. The van der Waals surface area contributed by atoms with Crippen LogP contribution in [-0.4, -0.2) is 35.5 Å². The monoisotopic (exact) mass is 288 g/mol. The van der Waals surface area contributed by atoms with Crippen molar-refractivity contribution >= 4 is 24.0 Å². The Bertz CT molecular complexity index is 610. The number of amides is 4. The molecule has 4 amide bonds. The fourth-order valence-electron chi connectivity index (χ4n) is 1.69. The molecule has 0 unspecified atom stereocenters. The number of benzene rings is 1. The molecule has 0 saturated heterocycles. The summed E-state index contributed by atoms with van der Waals surface area (Å²) in [6.07, 6.45) is 1.52. The van der Waals surface area contributed by atoms with Gasteiger partial charge in [0.15, 0.2) is 0 Å². The van der Waals surface area contributed by atoms with Crippen molar-refractivity contribution in [1.29, 1.82) is 0 Å². The zero-order chi connectivity index (χ0) is 15.2. The highest BCUT2D eigenvalue weighted by molar-refractivity contribution is 5.92. The third-order valence-corrected chi connectivity index (χ3v) is 2.63. The van der Waals surface area contributed by atoms with E-state index in [9.17, 15) is 9.59 Å². The first-order chi connectivity index (χ1) is 10.0. The summed E-state index contributed by atoms with van der Waals surface area (Å²) in [6, 6.07) is 6.56. The minimum atomic E-state index is -0.608. The van der Waals surface area contributed by atoms with Crippen LogP contribution in [0.1, 0.15) is 18.1 Å². The van der Waals surface area contributed by atoms with Crippen molar-refractivity contribution in [2.45, 2.75) is 13.8 Å². The van der Waals surface area contributed by atoms with Crippen LogP contribution in [0.2, 0.25) is 0 Å². The quantitative estimate of drug-likeness (QED) is 0.570. The van der Waals surface area contributed by atoms with Gasteiger partial charge in [-0.25, -0.2) is 30.9 Å². The normalized spacial score (nSPS) is 14.7. The fraction of sp³-hybridized carbons (Fsp3) is 0.231. The number of hydrazine groups is 1. The van der Waals surface area contributed by atoms with Gasteiger partial charge in [0.25, 0.3) is 0 Å². The van der Waals surface area contributed by atoms with Gasteiger partial charge in [-0.1, -0.05) is 29.8 Å². The highest BCUT2D eigenvalue weighted by Crippen LogP contribution is 2.00. The molecule has 8 heteroatoms. The summed E-state index contributed by atoms with van der Waals surface area (Å²) < 4.78 is 0. The number of aryl methyl sites for hydroxylation is 1. The van der Waals surface area contributed by atoms with Gasteiger partial charge < -0.3 is 0 Å². The first-order valence-electron chi connectivity index (χ1n) is 6.31. The first kappa shape index (κ1) is 14.5. The Morgan fingerprint density at radius 1 is 1.48 bits per heavy atom. The van der Waals surface area contributed by atoms with Crippen LogP contribution in [0.5, 0.6) is 0 Å². The van der Waals surface area contributed by atoms with Crippen molar-refractivity contribution in [1.82, 2.24) is 21.3 Å². The lowest BCUT2D eigenvalue weighted by Gasteiger charge is -2.25. The minimum absolute atomic E-state index is 0.223. The van der Waals surface area contributed by atoms with Crippen LogP contribution in [0.15, 0.2) is 34.5 Å². The molecule has 1 aliphatic heterocycles. The molecule has 0 aromatic heterocycles. The van der Waals surface area contributed by atoms with Crippen molar-refractivity contribution in [2.24, 2.45) is 10.2 Å². The fourth-order valence-corrected chi connectivity index (χ4v) is 1.69. The maximum absolute atomic E-state index is 11.6. The van der Waals surface area contributed by atoms with Gasteiger partial charge in [0.05, 0.1) is 18.5 Å². The van der Waals surface area contributed by atoms with E-state index < -0.39 is 12.1 Å². The summed E-state index contributed by atoms with van der Waals surface area (Å²) in [5.41, 5.74) is 9.58. The van der Waals surface area contributed by atoms with Gasteiger partial charge in [0, 0.05) is 0 Å². The van der Waals surface area contributed by atoms with E-state index in [4.69, 9.17) is 0 Å². The number of urea groups is 2. The summed E-state index contributed by atoms with van der Waals surface area (Å²) in [5.74, 6) is 0. The number of nitrogens with zero attached hydrogens (tertiary/aromatic N) is 3. The number of hydrogen-bond donors (Lipinski definition) is 3. The summed E-state index contributed by atoms with van der Waals surface area (Å²) in [6.45, 7) is 3.93. The van der Waals surface area contributed by atoms with Crippen molar-refractivity contribution in [2.75, 3.05) is 6.54 Å². The van der Waals surface area contributed by atoms with Crippen LogP contribution in [0.25, 0.3) is 0 Å². The molecule has 3 N–H and O–H groups in total. The van der Waals surface area contributed by atoms with Gasteiger partial charge in [0.2, 0.25) is 0 Å². The lowest BCUT2D eigenvalue weighted by atomic mass is 10.2. The highest BCUT2D eigenvalue weighted by Gasteiger charge is 2.20. The number of hydrogen-bond acceptors (Lipinski definition) is 4. The van der Waals surface area contributed by atoms with Crippen LogP contribution >= 0.6 is 0 Å². The molecule has 0 saturated carbocycles. The summed E-state index contributed by atoms with van der Waals surface area (Å²) in [5, 5.41) is 8.68. The van der Waals surface area contributed by atoms with Crippen LogP contribution in [0, 0.1) is 6.92 Å². The first-order valence-corrected chi connectivity index (χ1v) is 6.31. The van der Waals surface area contributed by atoms with E-state index in [2.05, 4.69) is 26.5 Å². The minimum Gasteiger partial charge on any atom is -0.245 e. The second-order valence-electron chi connectivity index (χ2n) is 4.58. The molecule has 0 aliphatic carbocycles. The Labute approximate surface area is 121 Å². The van der Waals surface area contributed by atoms with E-state index >= 15 is 0 Å². The lowest BCUT2D eigenvalue weighted by molar-refractivity contribution is 0.173. The molecule has 1 aromatic rings. The molecule has 0 atom stereocenters. The van der Waals surface area contributed by atoms with Gasteiger partial charge >= 0.3 is 12.1 Å². The van der Waals surface area contributed by atoms with E-state index in [1.165, 1.54) is 6.21 Å². The standard InChI is InChI=1S/C13H16N6O2/c1-9-4-3-5-11(6-9)7-14-16-12(20)18-19-8-10(2)15-17-13(19)21/h3-7H,8H2,1-2H3,(H,17,21)(H2,16,18,20)/b14-7+. The van der Waals surface area contributed by atoms with E-state index in [-0.39, 0.29) is 6.54 Å². The molecule has 0 radical (unpaired) electrons. The summed E-state index contributed by atoms with van der Waals surface area (Å²) >= 11 is 0. The zero-order valence-corrected chi connectivity index (χ0v) is 11.8. The lowest BCUT2D eigenvalue weighted by Crippen LogP contribution is -2.55. The molecule has 0 bridgehead atoms. The highest BCUT2D eigenvalue weighted by atomic mass is 16.2. The second kappa shape index (κ2) is 6.51. The van der Waals surface area contributed by atoms with E-state index in [1.54, 1.807) is 6.92 Å². The Hall–Kier alpha value is -2.90. The van der Waals surface area contributed by atoms with E-state index in [0.717, 1.165) is 16.1 Å². The maximum atomic E-state index is 11.6. The molecular weight excluding hydrogens is 272 g/mol. The molecule has 1 aromatic carbocycles. The molecule has 0 fully saturated rings. The molecule has 1 aliphatic rings. The molecule has 21 heavy (non-hydrogen) atoms. The van der Waals surface area contributed by atoms with E-state index in [0.29, 0.717) is 5.71 Å². The Morgan fingerprint density at radius 3 is 3.05 bits per heavy atom. The largest absolute Gasteiger partial charge is 0.356 e. The molecule has 110 valence electrons. The average Bonchev–Trinajstić information content (AvgIpc) is 2.43. The summed E-state index contributed by atoms with van der Waals surface area (Å²) in [7, 11) is 0. The SMILES string of the molecule is CC1=NNC(=O)N(NC(=O)N/N=C/c2cccc(C)c2)C1. The molecular formula is C13H16N6O2. The van der Waals surface area contributed by atoms with Crippen LogP contribution in [0.3, 0.4) is 0 Å². The number of carbonyl (C=O) groups excluding carboxylic acids is 2. The smallest absolute Gasteiger partial charge is 0.245 e. The van der Waals surface area contributed by atoms with Crippen molar-refractivity contribution < 1.29 is 9.59 Å². The predicted molar refractivity (Wildman–Crippen MR) is 78.8 cm³/mol.